The number of rotatable bonds is 3. The van der Waals surface area contributed by atoms with E-state index in [1.807, 2.05) is 0 Å². The molecule has 0 unspecified atom stereocenters. The van der Waals surface area contributed by atoms with Crippen molar-refractivity contribution in [2.75, 3.05) is 19.6 Å². The highest BCUT2D eigenvalue weighted by Gasteiger charge is 2.36. The smallest absolute Gasteiger partial charge is 0.410 e. The van der Waals surface area contributed by atoms with E-state index in [1.54, 1.807) is 43.9 Å². The Morgan fingerprint density at radius 2 is 1.96 bits per heavy atom. The molecule has 25 heavy (non-hydrogen) atoms. The average molecular weight is 389 g/mol. The molecule has 8 heteroatoms. The first-order valence-corrected chi connectivity index (χ1v) is 8.71. The summed E-state index contributed by atoms with van der Waals surface area (Å²) in [7, 11) is 0. The van der Waals surface area contributed by atoms with Gasteiger partial charge in [-0.1, -0.05) is 23.2 Å². The minimum Gasteiger partial charge on any atom is -0.480 e. The fourth-order valence-electron chi connectivity index (χ4n) is 2.62. The highest BCUT2D eigenvalue weighted by Crippen LogP contribution is 2.24. The number of carboxylic acids is 1. The molecule has 1 aromatic carbocycles. The van der Waals surface area contributed by atoms with Gasteiger partial charge in [0.1, 0.15) is 11.6 Å². The summed E-state index contributed by atoms with van der Waals surface area (Å²) in [6, 6.07) is 4.26. The van der Waals surface area contributed by atoms with Crippen molar-refractivity contribution >= 4 is 35.3 Å². The second-order valence-corrected chi connectivity index (χ2v) is 7.83. The number of benzene rings is 1. The maximum atomic E-state index is 12.2. The molecule has 1 atom stereocenters. The van der Waals surface area contributed by atoms with Gasteiger partial charge in [0.25, 0.3) is 0 Å². The molecule has 0 bridgehead atoms. The van der Waals surface area contributed by atoms with Crippen molar-refractivity contribution in [1.82, 2.24) is 9.80 Å². The molecule has 1 fully saturated rings. The summed E-state index contributed by atoms with van der Waals surface area (Å²) in [5.41, 5.74) is 0.132. The highest BCUT2D eigenvalue weighted by atomic mass is 35.5. The summed E-state index contributed by atoms with van der Waals surface area (Å²) in [5.74, 6) is -0.994. The van der Waals surface area contributed by atoms with Crippen molar-refractivity contribution in [2.24, 2.45) is 0 Å². The zero-order valence-electron chi connectivity index (χ0n) is 14.5. The van der Waals surface area contributed by atoms with E-state index in [4.69, 9.17) is 27.9 Å². The quantitative estimate of drug-likeness (QED) is 0.857. The lowest BCUT2D eigenvalue weighted by Gasteiger charge is -2.39. The van der Waals surface area contributed by atoms with Crippen LogP contribution in [0.5, 0.6) is 0 Å². The maximum absolute atomic E-state index is 12.2. The van der Waals surface area contributed by atoms with Crippen molar-refractivity contribution in [3.05, 3.63) is 33.8 Å². The van der Waals surface area contributed by atoms with Crippen LogP contribution in [-0.2, 0) is 16.1 Å². The Morgan fingerprint density at radius 3 is 2.56 bits per heavy atom. The monoisotopic (exact) mass is 388 g/mol. The number of halogens is 2. The lowest BCUT2D eigenvalue weighted by molar-refractivity contribution is -0.145. The van der Waals surface area contributed by atoms with Crippen LogP contribution < -0.4 is 0 Å². The molecule has 1 amide bonds. The molecule has 2 rings (SSSR count). The van der Waals surface area contributed by atoms with Crippen molar-refractivity contribution in [3.63, 3.8) is 0 Å². The number of ether oxygens (including phenoxy) is 1. The molecule has 0 radical (unpaired) electrons. The molecular formula is C17H22Cl2N2O4. The molecule has 1 aliphatic rings. The normalized spacial score (nSPS) is 18.9. The molecule has 6 nitrogen and oxygen atoms in total. The van der Waals surface area contributed by atoms with Crippen molar-refractivity contribution in [3.8, 4) is 0 Å². The van der Waals surface area contributed by atoms with Gasteiger partial charge in [-0.05, 0) is 44.5 Å². The Labute approximate surface area is 157 Å². The van der Waals surface area contributed by atoms with Crippen LogP contribution in [0.4, 0.5) is 4.79 Å². The van der Waals surface area contributed by atoms with Crippen LogP contribution in [0.2, 0.25) is 10.0 Å². The molecule has 1 heterocycles. The largest absolute Gasteiger partial charge is 0.480 e. The van der Waals surface area contributed by atoms with E-state index in [-0.39, 0.29) is 6.54 Å². The molecule has 0 spiro atoms. The standard InChI is InChI=1S/C17H22Cl2N2O4/c1-17(2,3)25-16(24)21-7-6-20(14(10-21)15(22)23)9-11-8-12(18)4-5-13(11)19/h4-5,8,14H,6-7,9-10H2,1-3H3,(H,22,23)/t14-/m0/s1. The Morgan fingerprint density at radius 1 is 1.28 bits per heavy atom. The Kier molecular flexibility index (Phi) is 6.19. The number of aliphatic carboxylic acids is 1. The minimum atomic E-state index is -0.994. The van der Waals surface area contributed by atoms with Crippen molar-refractivity contribution in [1.29, 1.82) is 0 Å². The zero-order valence-corrected chi connectivity index (χ0v) is 16.0. The molecule has 0 aromatic heterocycles. The second-order valence-electron chi connectivity index (χ2n) is 6.99. The maximum Gasteiger partial charge on any atom is 0.410 e. The number of piperazine rings is 1. The third-order valence-corrected chi connectivity index (χ3v) is 4.41. The second kappa shape index (κ2) is 7.81. The first-order valence-electron chi connectivity index (χ1n) is 7.95. The Balaban J connectivity index is 2.10. The van der Waals surface area contributed by atoms with Gasteiger partial charge < -0.3 is 14.7 Å². The lowest BCUT2D eigenvalue weighted by Crippen LogP contribution is -2.57. The third kappa shape index (κ3) is 5.49. The number of hydrogen-bond donors (Lipinski definition) is 1. The number of hydrogen-bond acceptors (Lipinski definition) is 4. The van der Waals surface area contributed by atoms with Crippen molar-refractivity contribution < 1.29 is 19.4 Å². The molecule has 138 valence electrons. The van der Waals surface area contributed by atoms with E-state index in [1.165, 1.54) is 4.90 Å². The van der Waals surface area contributed by atoms with Crippen LogP contribution in [0.15, 0.2) is 18.2 Å². The van der Waals surface area contributed by atoms with Crippen LogP contribution in [0, 0.1) is 0 Å². The van der Waals surface area contributed by atoms with Gasteiger partial charge in [-0.15, -0.1) is 0 Å². The van der Waals surface area contributed by atoms with Gasteiger partial charge in [0.15, 0.2) is 0 Å². The molecular weight excluding hydrogens is 367 g/mol. The lowest BCUT2D eigenvalue weighted by atomic mass is 10.1. The number of carbonyl (C=O) groups excluding carboxylic acids is 1. The molecule has 1 N–H and O–H groups in total. The summed E-state index contributed by atoms with van der Waals surface area (Å²) < 4.78 is 5.33. The van der Waals surface area contributed by atoms with Crippen LogP contribution in [-0.4, -0.2) is 58.2 Å². The molecule has 1 aromatic rings. The SMILES string of the molecule is CC(C)(C)OC(=O)N1CCN(Cc2cc(Cl)ccc2Cl)[C@H](C(=O)O)C1. The minimum absolute atomic E-state index is 0.0580. The molecule has 1 saturated heterocycles. The van der Waals surface area contributed by atoms with Gasteiger partial charge in [-0.3, -0.25) is 9.69 Å². The molecule has 0 saturated carbocycles. The van der Waals surface area contributed by atoms with Gasteiger partial charge in [-0.25, -0.2) is 4.79 Å². The summed E-state index contributed by atoms with van der Waals surface area (Å²) in [6.07, 6.45) is -0.501. The van der Waals surface area contributed by atoms with E-state index in [9.17, 15) is 14.7 Å². The van der Waals surface area contributed by atoms with Gasteiger partial charge >= 0.3 is 12.1 Å². The van der Waals surface area contributed by atoms with E-state index >= 15 is 0 Å². The first-order chi connectivity index (χ1) is 11.6. The molecule has 1 aliphatic heterocycles. The van der Waals surface area contributed by atoms with Crippen LogP contribution >= 0.6 is 23.2 Å². The van der Waals surface area contributed by atoms with Crippen LogP contribution in [0.3, 0.4) is 0 Å². The number of carboxylic acid groups (broad SMARTS) is 1. The fraction of sp³-hybridized carbons (Fsp3) is 0.529. The summed E-state index contributed by atoms with van der Waals surface area (Å²) in [6.45, 7) is 6.52. The number of nitrogens with zero attached hydrogens (tertiary/aromatic N) is 2. The van der Waals surface area contributed by atoms with E-state index in [2.05, 4.69) is 0 Å². The van der Waals surface area contributed by atoms with E-state index < -0.39 is 23.7 Å². The summed E-state index contributed by atoms with van der Waals surface area (Å²) >= 11 is 12.2. The van der Waals surface area contributed by atoms with Crippen LogP contribution in [0.25, 0.3) is 0 Å². The Hall–Kier alpha value is -1.50. The first kappa shape index (κ1) is 19.8. The zero-order chi connectivity index (χ0) is 18.8. The predicted octanol–water partition coefficient (Wildman–Crippen LogP) is 3.50. The van der Waals surface area contributed by atoms with Gasteiger partial charge in [0, 0.05) is 29.7 Å². The summed E-state index contributed by atoms with van der Waals surface area (Å²) in [5, 5.41) is 10.6. The average Bonchev–Trinajstić information content (AvgIpc) is 2.49. The van der Waals surface area contributed by atoms with Crippen molar-refractivity contribution in [2.45, 2.75) is 39.0 Å². The van der Waals surface area contributed by atoms with E-state index in [0.29, 0.717) is 29.7 Å². The number of carbonyl (C=O) groups is 2. The fourth-order valence-corrected chi connectivity index (χ4v) is 2.99. The van der Waals surface area contributed by atoms with Crippen LogP contribution in [0.1, 0.15) is 26.3 Å². The predicted molar refractivity (Wildman–Crippen MR) is 96.1 cm³/mol. The van der Waals surface area contributed by atoms with Gasteiger partial charge in [0.2, 0.25) is 0 Å². The van der Waals surface area contributed by atoms with Gasteiger partial charge in [0.05, 0.1) is 6.54 Å². The summed E-state index contributed by atoms with van der Waals surface area (Å²) in [4.78, 5) is 27.1. The Bertz CT molecular complexity index is 661. The topological polar surface area (TPSA) is 70.1 Å². The third-order valence-electron chi connectivity index (χ3n) is 3.81. The van der Waals surface area contributed by atoms with E-state index in [0.717, 1.165) is 5.56 Å². The highest BCUT2D eigenvalue weighted by molar-refractivity contribution is 6.33. The molecule has 0 aliphatic carbocycles. The number of amides is 1. The van der Waals surface area contributed by atoms with Gasteiger partial charge in [-0.2, -0.15) is 0 Å².